The van der Waals surface area contributed by atoms with E-state index < -0.39 is 0 Å². The van der Waals surface area contributed by atoms with E-state index in [1.165, 1.54) is 5.57 Å². The standard InChI is InChI=1S/C13H23N3O/c1-6-7-14-9-10(2)8-12-11(3)15-16(4)13(12)17-5/h8,14H,6-7,9H2,1-5H3. The van der Waals surface area contributed by atoms with Crippen LogP contribution in [0.4, 0.5) is 0 Å². The molecule has 0 atom stereocenters. The largest absolute Gasteiger partial charge is 0.481 e. The molecule has 0 saturated heterocycles. The predicted molar refractivity (Wildman–Crippen MR) is 71.3 cm³/mol. The lowest BCUT2D eigenvalue weighted by Crippen LogP contribution is -2.16. The predicted octanol–water partition coefficient (Wildman–Crippen LogP) is 2.14. The van der Waals surface area contributed by atoms with E-state index in [4.69, 9.17) is 4.74 Å². The first-order chi connectivity index (χ1) is 8.10. The van der Waals surface area contributed by atoms with Crippen LogP contribution in [-0.2, 0) is 7.05 Å². The van der Waals surface area contributed by atoms with Gasteiger partial charge in [-0.15, -0.1) is 0 Å². The summed E-state index contributed by atoms with van der Waals surface area (Å²) in [6.07, 6.45) is 3.30. The average Bonchev–Trinajstić information content (AvgIpc) is 2.54. The van der Waals surface area contributed by atoms with Gasteiger partial charge in [-0.2, -0.15) is 5.10 Å². The van der Waals surface area contributed by atoms with Crippen LogP contribution in [0.3, 0.4) is 0 Å². The van der Waals surface area contributed by atoms with Crippen LogP contribution in [0.15, 0.2) is 5.57 Å². The van der Waals surface area contributed by atoms with Crippen molar-refractivity contribution in [3.8, 4) is 5.88 Å². The summed E-state index contributed by atoms with van der Waals surface area (Å²) in [4.78, 5) is 0. The summed E-state index contributed by atoms with van der Waals surface area (Å²) in [6.45, 7) is 8.25. The Morgan fingerprint density at radius 3 is 2.82 bits per heavy atom. The highest BCUT2D eigenvalue weighted by Crippen LogP contribution is 2.23. The van der Waals surface area contributed by atoms with E-state index in [9.17, 15) is 0 Å². The Hall–Kier alpha value is -1.29. The molecule has 1 aromatic rings. The second kappa shape index (κ2) is 6.45. The van der Waals surface area contributed by atoms with Crippen molar-refractivity contribution in [2.45, 2.75) is 27.2 Å². The van der Waals surface area contributed by atoms with E-state index in [1.54, 1.807) is 11.8 Å². The third-order valence-electron chi connectivity index (χ3n) is 2.63. The van der Waals surface area contributed by atoms with E-state index in [0.29, 0.717) is 0 Å². The van der Waals surface area contributed by atoms with Gasteiger partial charge in [0.05, 0.1) is 18.4 Å². The minimum atomic E-state index is 0.817. The molecule has 96 valence electrons. The van der Waals surface area contributed by atoms with Crippen molar-refractivity contribution in [3.05, 3.63) is 16.8 Å². The zero-order valence-corrected chi connectivity index (χ0v) is 11.5. The van der Waals surface area contributed by atoms with Crippen molar-refractivity contribution < 1.29 is 4.74 Å². The molecule has 0 unspecified atom stereocenters. The number of nitrogens with zero attached hydrogens (tertiary/aromatic N) is 2. The molecule has 4 nitrogen and oxygen atoms in total. The maximum absolute atomic E-state index is 5.36. The molecule has 0 spiro atoms. The quantitative estimate of drug-likeness (QED) is 0.770. The lowest BCUT2D eigenvalue weighted by molar-refractivity contribution is 0.372. The van der Waals surface area contributed by atoms with Gasteiger partial charge in [-0.25, -0.2) is 4.68 Å². The molecule has 0 amide bonds. The van der Waals surface area contributed by atoms with Crippen LogP contribution in [0.5, 0.6) is 5.88 Å². The van der Waals surface area contributed by atoms with Gasteiger partial charge in [0, 0.05) is 13.6 Å². The Morgan fingerprint density at radius 2 is 2.24 bits per heavy atom. The molecule has 0 aliphatic carbocycles. The monoisotopic (exact) mass is 237 g/mol. The Kier molecular flexibility index (Phi) is 5.22. The summed E-state index contributed by atoms with van der Waals surface area (Å²) >= 11 is 0. The zero-order chi connectivity index (χ0) is 12.8. The van der Waals surface area contributed by atoms with Crippen LogP contribution in [0.25, 0.3) is 6.08 Å². The number of hydrogen-bond acceptors (Lipinski definition) is 3. The summed E-state index contributed by atoms with van der Waals surface area (Å²) in [5.41, 5.74) is 3.36. The number of aryl methyl sites for hydroxylation is 2. The van der Waals surface area contributed by atoms with E-state index in [2.05, 4.69) is 30.3 Å². The molecule has 0 saturated carbocycles. The van der Waals surface area contributed by atoms with E-state index in [0.717, 1.165) is 36.6 Å². The van der Waals surface area contributed by atoms with Crippen LogP contribution < -0.4 is 10.1 Å². The molecule has 0 aromatic carbocycles. The fourth-order valence-corrected chi connectivity index (χ4v) is 1.82. The summed E-state index contributed by atoms with van der Waals surface area (Å²) < 4.78 is 7.13. The first-order valence-corrected chi connectivity index (χ1v) is 6.05. The van der Waals surface area contributed by atoms with Gasteiger partial charge in [0.1, 0.15) is 0 Å². The third-order valence-corrected chi connectivity index (χ3v) is 2.63. The SMILES string of the molecule is CCCNCC(C)=Cc1c(C)nn(C)c1OC. The molecule has 4 heteroatoms. The minimum Gasteiger partial charge on any atom is -0.481 e. The average molecular weight is 237 g/mol. The zero-order valence-electron chi connectivity index (χ0n) is 11.5. The van der Waals surface area contributed by atoms with Crippen LogP contribution >= 0.6 is 0 Å². The summed E-state index contributed by atoms with van der Waals surface area (Å²) in [7, 11) is 3.58. The highest BCUT2D eigenvalue weighted by Gasteiger charge is 2.11. The molecular formula is C13H23N3O. The molecule has 0 aliphatic rings. The van der Waals surface area contributed by atoms with Gasteiger partial charge in [0.25, 0.3) is 0 Å². The maximum Gasteiger partial charge on any atom is 0.218 e. The van der Waals surface area contributed by atoms with Gasteiger partial charge in [-0.05, 0) is 32.9 Å². The van der Waals surface area contributed by atoms with E-state index in [-0.39, 0.29) is 0 Å². The summed E-state index contributed by atoms with van der Waals surface area (Å²) in [5, 5.41) is 7.74. The number of rotatable bonds is 6. The Labute approximate surface area is 104 Å². The second-order valence-corrected chi connectivity index (χ2v) is 4.30. The van der Waals surface area contributed by atoms with Crippen LogP contribution in [-0.4, -0.2) is 30.0 Å². The molecular weight excluding hydrogens is 214 g/mol. The van der Waals surface area contributed by atoms with Gasteiger partial charge in [0.15, 0.2) is 0 Å². The Morgan fingerprint density at radius 1 is 1.53 bits per heavy atom. The molecule has 1 heterocycles. The summed E-state index contributed by atoms with van der Waals surface area (Å²) in [6, 6.07) is 0. The number of hydrogen-bond donors (Lipinski definition) is 1. The smallest absolute Gasteiger partial charge is 0.218 e. The fourth-order valence-electron chi connectivity index (χ4n) is 1.82. The number of aromatic nitrogens is 2. The molecule has 1 rings (SSSR count). The fraction of sp³-hybridized carbons (Fsp3) is 0.615. The minimum absolute atomic E-state index is 0.817. The van der Waals surface area contributed by atoms with Crippen molar-refractivity contribution in [3.63, 3.8) is 0 Å². The lowest BCUT2D eigenvalue weighted by atomic mass is 10.1. The second-order valence-electron chi connectivity index (χ2n) is 4.30. The third kappa shape index (κ3) is 3.60. The van der Waals surface area contributed by atoms with Crippen molar-refractivity contribution >= 4 is 6.08 Å². The summed E-state index contributed by atoms with van der Waals surface area (Å²) in [5.74, 6) is 0.817. The van der Waals surface area contributed by atoms with E-state index in [1.807, 2.05) is 14.0 Å². The maximum atomic E-state index is 5.36. The van der Waals surface area contributed by atoms with Gasteiger partial charge < -0.3 is 10.1 Å². The van der Waals surface area contributed by atoms with Crippen molar-refractivity contribution in [2.24, 2.45) is 7.05 Å². The normalized spacial score (nSPS) is 11.9. The van der Waals surface area contributed by atoms with Crippen LogP contribution in [0.1, 0.15) is 31.5 Å². The Balaban J connectivity index is 2.82. The van der Waals surface area contributed by atoms with Gasteiger partial charge in [0.2, 0.25) is 5.88 Å². The molecule has 0 aliphatic heterocycles. The molecule has 0 radical (unpaired) electrons. The topological polar surface area (TPSA) is 39.1 Å². The van der Waals surface area contributed by atoms with Gasteiger partial charge in [-0.1, -0.05) is 12.5 Å². The van der Waals surface area contributed by atoms with Crippen molar-refractivity contribution in [2.75, 3.05) is 20.2 Å². The lowest BCUT2D eigenvalue weighted by Gasteiger charge is -2.05. The molecule has 0 fully saturated rings. The van der Waals surface area contributed by atoms with Crippen LogP contribution in [0, 0.1) is 6.92 Å². The van der Waals surface area contributed by atoms with Crippen molar-refractivity contribution in [1.82, 2.24) is 15.1 Å². The highest BCUT2D eigenvalue weighted by atomic mass is 16.5. The first-order valence-electron chi connectivity index (χ1n) is 6.05. The molecule has 17 heavy (non-hydrogen) atoms. The number of ether oxygens (including phenoxy) is 1. The van der Waals surface area contributed by atoms with Gasteiger partial charge >= 0.3 is 0 Å². The number of methoxy groups -OCH3 is 1. The van der Waals surface area contributed by atoms with Crippen LogP contribution in [0.2, 0.25) is 0 Å². The van der Waals surface area contributed by atoms with Crippen molar-refractivity contribution in [1.29, 1.82) is 0 Å². The van der Waals surface area contributed by atoms with E-state index >= 15 is 0 Å². The molecule has 0 bridgehead atoms. The molecule has 1 N–H and O–H groups in total. The first kappa shape index (κ1) is 13.8. The van der Waals surface area contributed by atoms with Gasteiger partial charge in [-0.3, -0.25) is 0 Å². The number of nitrogens with one attached hydrogen (secondary N) is 1. The highest BCUT2D eigenvalue weighted by molar-refractivity contribution is 5.60. The Bertz CT molecular complexity index is 394. The molecule has 1 aromatic heterocycles.